The van der Waals surface area contributed by atoms with E-state index in [1.807, 2.05) is 0 Å². The molecule has 3 aromatic rings. The number of carbonyl (C=O) groups is 1. The molecule has 0 atom stereocenters. The highest BCUT2D eigenvalue weighted by molar-refractivity contribution is 6.03. The summed E-state index contributed by atoms with van der Waals surface area (Å²) < 4.78 is 18.2. The van der Waals surface area contributed by atoms with Crippen LogP contribution in [0.4, 0.5) is 16.1 Å². The van der Waals surface area contributed by atoms with Gasteiger partial charge in [-0.2, -0.15) is 0 Å². The second kappa shape index (κ2) is 7.09. The molecular formula is C17H13FN4O4. The van der Waals surface area contributed by atoms with Crippen LogP contribution < -0.4 is 5.32 Å². The number of benzene rings is 2. The first-order valence-corrected chi connectivity index (χ1v) is 7.55. The average molecular weight is 356 g/mol. The molecule has 1 N–H and O–H groups in total. The summed E-state index contributed by atoms with van der Waals surface area (Å²) in [4.78, 5) is 22.6. The van der Waals surface area contributed by atoms with Gasteiger partial charge in [0.1, 0.15) is 5.82 Å². The summed E-state index contributed by atoms with van der Waals surface area (Å²) in [6, 6.07) is 9.81. The minimum absolute atomic E-state index is 0.0978. The number of amides is 1. The molecule has 0 saturated carbocycles. The summed E-state index contributed by atoms with van der Waals surface area (Å²) in [6.07, 6.45) is 0.277. The maximum atomic E-state index is 12.9. The van der Waals surface area contributed by atoms with Gasteiger partial charge in [0.25, 0.3) is 11.6 Å². The van der Waals surface area contributed by atoms with Crippen LogP contribution in [-0.2, 0) is 6.42 Å². The van der Waals surface area contributed by atoms with E-state index in [9.17, 15) is 19.3 Å². The van der Waals surface area contributed by atoms with E-state index in [1.54, 1.807) is 19.1 Å². The van der Waals surface area contributed by atoms with Gasteiger partial charge in [-0.1, -0.05) is 23.3 Å². The number of aryl methyl sites for hydroxylation is 1. The zero-order valence-corrected chi connectivity index (χ0v) is 13.6. The van der Waals surface area contributed by atoms with Gasteiger partial charge in [0.2, 0.25) is 5.89 Å². The van der Waals surface area contributed by atoms with E-state index >= 15 is 0 Å². The Hall–Kier alpha value is -3.62. The number of nitro groups is 1. The number of nitro benzene ring substituents is 1. The molecule has 3 rings (SSSR count). The third kappa shape index (κ3) is 3.89. The number of hydrogen-bond donors (Lipinski definition) is 1. The molecule has 0 aliphatic rings. The lowest BCUT2D eigenvalue weighted by Gasteiger charge is -2.02. The minimum Gasteiger partial charge on any atom is -0.407 e. The molecule has 0 radical (unpaired) electrons. The zero-order valence-electron chi connectivity index (χ0n) is 13.6. The van der Waals surface area contributed by atoms with Crippen LogP contribution >= 0.6 is 0 Å². The number of anilines is 1. The molecule has 0 fully saturated rings. The van der Waals surface area contributed by atoms with Crippen molar-refractivity contribution in [2.75, 3.05) is 5.32 Å². The Morgan fingerprint density at radius 3 is 2.65 bits per heavy atom. The first kappa shape index (κ1) is 17.2. The van der Waals surface area contributed by atoms with Crippen molar-refractivity contribution < 1.29 is 18.5 Å². The van der Waals surface area contributed by atoms with E-state index in [2.05, 4.69) is 15.5 Å². The molecular weight excluding hydrogens is 343 g/mol. The van der Waals surface area contributed by atoms with Crippen LogP contribution in [0.1, 0.15) is 27.4 Å². The van der Waals surface area contributed by atoms with E-state index in [0.29, 0.717) is 5.56 Å². The highest BCUT2D eigenvalue weighted by Gasteiger charge is 2.17. The fourth-order valence-corrected chi connectivity index (χ4v) is 2.27. The summed E-state index contributed by atoms with van der Waals surface area (Å²) in [6.45, 7) is 1.58. The molecule has 26 heavy (non-hydrogen) atoms. The Morgan fingerprint density at radius 1 is 1.23 bits per heavy atom. The number of halogens is 1. The lowest BCUT2D eigenvalue weighted by Crippen LogP contribution is -2.12. The van der Waals surface area contributed by atoms with E-state index in [-0.39, 0.29) is 35.4 Å². The van der Waals surface area contributed by atoms with Gasteiger partial charge in [-0.05, 0) is 30.7 Å². The molecule has 1 heterocycles. The Balaban J connectivity index is 1.70. The lowest BCUT2D eigenvalue weighted by atomic mass is 10.1. The van der Waals surface area contributed by atoms with Gasteiger partial charge in [-0.3, -0.25) is 20.2 Å². The number of nitrogens with one attached hydrogen (secondary N) is 1. The van der Waals surface area contributed by atoms with Crippen molar-refractivity contribution in [3.05, 3.63) is 81.0 Å². The van der Waals surface area contributed by atoms with Crippen LogP contribution in [0.25, 0.3) is 0 Å². The lowest BCUT2D eigenvalue weighted by molar-refractivity contribution is -0.385. The van der Waals surface area contributed by atoms with Crippen LogP contribution in [0, 0.1) is 22.9 Å². The topological polar surface area (TPSA) is 111 Å². The Kier molecular flexibility index (Phi) is 4.70. The normalized spacial score (nSPS) is 10.5. The van der Waals surface area contributed by atoms with Crippen molar-refractivity contribution in [1.29, 1.82) is 0 Å². The van der Waals surface area contributed by atoms with Gasteiger partial charge >= 0.3 is 6.01 Å². The molecule has 0 aliphatic heterocycles. The monoisotopic (exact) mass is 356 g/mol. The predicted octanol–water partition coefficient (Wildman–Crippen LogP) is 3.27. The second-order valence-corrected chi connectivity index (χ2v) is 5.52. The van der Waals surface area contributed by atoms with Crippen LogP contribution in [0.5, 0.6) is 0 Å². The maximum Gasteiger partial charge on any atom is 0.322 e. The molecule has 8 nitrogen and oxygen atoms in total. The SMILES string of the molecule is Cc1ccc(C(=O)Nc2nnc(Cc3ccc(F)cc3)o2)cc1[N+](=O)[O-]. The van der Waals surface area contributed by atoms with Crippen LogP contribution in [0.2, 0.25) is 0 Å². The summed E-state index contributed by atoms with van der Waals surface area (Å²) in [7, 11) is 0. The summed E-state index contributed by atoms with van der Waals surface area (Å²) in [5.41, 5.74) is 1.16. The minimum atomic E-state index is -0.606. The van der Waals surface area contributed by atoms with Gasteiger partial charge in [-0.25, -0.2) is 4.39 Å². The Morgan fingerprint density at radius 2 is 1.96 bits per heavy atom. The van der Waals surface area contributed by atoms with Crippen molar-refractivity contribution >= 4 is 17.6 Å². The zero-order chi connectivity index (χ0) is 18.7. The van der Waals surface area contributed by atoms with Crippen LogP contribution in [-0.4, -0.2) is 21.0 Å². The third-order valence-corrected chi connectivity index (χ3v) is 3.62. The fourth-order valence-electron chi connectivity index (χ4n) is 2.27. The molecule has 0 unspecified atom stereocenters. The van der Waals surface area contributed by atoms with E-state index in [4.69, 9.17) is 4.42 Å². The van der Waals surface area contributed by atoms with E-state index in [1.165, 1.54) is 30.3 Å². The van der Waals surface area contributed by atoms with E-state index < -0.39 is 10.8 Å². The molecule has 132 valence electrons. The summed E-state index contributed by atoms with van der Waals surface area (Å²) in [5.74, 6) is -0.716. The average Bonchev–Trinajstić information content (AvgIpc) is 3.04. The van der Waals surface area contributed by atoms with Crippen molar-refractivity contribution in [2.24, 2.45) is 0 Å². The number of aromatic nitrogens is 2. The van der Waals surface area contributed by atoms with Gasteiger partial charge < -0.3 is 4.42 Å². The largest absolute Gasteiger partial charge is 0.407 e. The highest BCUT2D eigenvalue weighted by atomic mass is 19.1. The Bertz CT molecular complexity index is 969. The molecule has 0 saturated heterocycles. The number of carbonyl (C=O) groups excluding carboxylic acids is 1. The number of nitrogens with zero attached hydrogens (tertiary/aromatic N) is 3. The Labute approximate surface area is 146 Å². The van der Waals surface area contributed by atoms with Crippen molar-refractivity contribution in [2.45, 2.75) is 13.3 Å². The van der Waals surface area contributed by atoms with Crippen molar-refractivity contribution in [3.63, 3.8) is 0 Å². The summed E-state index contributed by atoms with van der Waals surface area (Å²) in [5, 5.41) is 20.9. The van der Waals surface area contributed by atoms with Crippen molar-refractivity contribution in [1.82, 2.24) is 10.2 Å². The van der Waals surface area contributed by atoms with Crippen LogP contribution in [0.3, 0.4) is 0 Å². The quantitative estimate of drug-likeness (QED) is 0.555. The molecule has 0 aliphatic carbocycles. The van der Waals surface area contributed by atoms with Gasteiger partial charge in [0.05, 0.1) is 11.3 Å². The predicted molar refractivity (Wildman–Crippen MR) is 89.3 cm³/mol. The first-order valence-electron chi connectivity index (χ1n) is 7.55. The van der Waals surface area contributed by atoms with Crippen molar-refractivity contribution in [3.8, 4) is 0 Å². The second-order valence-electron chi connectivity index (χ2n) is 5.52. The first-order chi connectivity index (χ1) is 12.4. The number of hydrogen-bond acceptors (Lipinski definition) is 6. The maximum absolute atomic E-state index is 12.9. The summed E-state index contributed by atoms with van der Waals surface area (Å²) >= 11 is 0. The molecule has 1 aromatic heterocycles. The van der Waals surface area contributed by atoms with Crippen LogP contribution in [0.15, 0.2) is 46.9 Å². The molecule has 0 spiro atoms. The van der Waals surface area contributed by atoms with Gasteiger partial charge in [0, 0.05) is 17.2 Å². The van der Waals surface area contributed by atoms with Gasteiger partial charge in [0.15, 0.2) is 0 Å². The number of rotatable bonds is 5. The molecule has 2 aromatic carbocycles. The standard InChI is InChI=1S/C17H13FN4O4/c1-10-2-5-12(9-14(10)22(24)25)16(23)19-17-21-20-15(26-17)8-11-3-6-13(18)7-4-11/h2-7,9H,8H2,1H3,(H,19,21,23). The third-order valence-electron chi connectivity index (χ3n) is 3.62. The smallest absolute Gasteiger partial charge is 0.322 e. The molecule has 1 amide bonds. The fraction of sp³-hybridized carbons (Fsp3) is 0.118. The highest BCUT2D eigenvalue weighted by Crippen LogP contribution is 2.20. The van der Waals surface area contributed by atoms with Gasteiger partial charge in [-0.15, -0.1) is 5.10 Å². The molecule has 0 bridgehead atoms. The van der Waals surface area contributed by atoms with E-state index in [0.717, 1.165) is 5.56 Å². The molecule has 9 heteroatoms.